The van der Waals surface area contributed by atoms with Gasteiger partial charge in [0.1, 0.15) is 23.9 Å². The molecule has 1 amide bonds. The third-order valence-electron chi connectivity index (χ3n) is 6.15. The van der Waals surface area contributed by atoms with Crippen molar-refractivity contribution in [2.75, 3.05) is 31.1 Å². The third-order valence-corrected chi connectivity index (χ3v) is 6.15. The van der Waals surface area contributed by atoms with Gasteiger partial charge in [0.05, 0.1) is 6.10 Å². The molecule has 0 radical (unpaired) electrons. The molecule has 9 heteroatoms. The fourth-order valence-electron chi connectivity index (χ4n) is 4.30. The Labute approximate surface area is 215 Å². The molecule has 0 atom stereocenters. The van der Waals surface area contributed by atoms with Gasteiger partial charge in [-0.25, -0.2) is 19.0 Å². The fourth-order valence-corrected chi connectivity index (χ4v) is 4.30. The summed E-state index contributed by atoms with van der Waals surface area (Å²) < 4.78 is 20.9. The van der Waals surface area contributed by atoms with Gasteiger partial charge in [-0.2, -0.15) is 0 Å². The molecule has 0 bridgehead atoms. The number of hydrogen-bond donors (Lipinski definition) is 0. The van der Waals surface area contributed by atoms with Gasteiger partial charge in [0.25, 0.3) is 0 Å². The summed E-state index contributed by atoms with van der Waals surface area (Å²) in [6, 6.07) is 19.4. The first-order chi connectivity index (χ1) is 18.0. The third kappa shape index (κ3) is 5.77. The van der Waals surface area contributed by atoms with Crippen molar-refractivity contribution in [2.24, 2.45) is 0 Å². The fraction of sp³-hybridized carbons (Fsp3) is 0.286. The first-order valence-corrected chi connectivity index (χ1v) is 12.4. The second-order valence-electron chi connectivity index (χ2n) is 9.17. The molecule has 1 fully saturated rings. The minimum absolute atomic E-state index is 0.0303. The van der Waals surface area contributed by atoms with Gasteiger partial charge in [-0.15, -0.1) is 5.10 Å². The van der Waals surface area contributed by atoms with E-state index in [4.69, 9.17) is 9.72 Å². The Morgan fingerprint density at radius 1 is 0.946 bits per heavy atom. The summed E-state index contributed by atoms with van der Waals surface area (Å²) in [5.41, 5.74) is 1.49. The molecule has 37 heavy (non-hydrogen) atoms. The van der Waals surface area contributed by atoms with Gasteiger partial charge in [-0.1, -0.05) is 6.07 Å². The van der Waals surface area contributed by atoms with E-state index in [9.17, 15) is 9.18 Å². The van der Waals surface area contributed by atoms with Crippen molar-refractivity contribution >= 4 is 11.7 Å². The molecular formula is C28H29FN6O2. The molecule has 0 unspecified atom stereocenters. The standard InChI is InChI=1S/C28H29FN6O2/c1-20(2)37-24-12-8-22(9-13-24)28-31-27(21-6-10-23(29)11-7-21)32-35(28)19-26(36)34-17-15-33(16-18-34)25-5-3-4-14-30-25/h3-14,20H,15-19H2,1-2H3. The minimum atomic E-state index is -0.329. The Bertz CT molecular complexity index is 1330. The normalized spacial score (nSPS) is 13.7. The van der Waals surface area contributed by atoms with Crippen LogP contribution in [0.4, 0.5) is 10.2 Å². The highest BCUT2D eigenvalue weighted by molar-refractivity contribution is 5.77. The van der Waals surface area contributed by atoms with E-state index in [2.05, 4.69) is 15.0 Å². The van der Waals surface area contributed by atoms with Crippen LogP contribution < -0.4 is 9.64 Å². The summed E-state index contributed by atoms with van der Waals surface area (Å²) in [4.78, 5) is 26.5. The molecule has 190 valence electrons. The predicted molar refractivity (Wildman–Crippen MR) is 140 cm³/mol. The van der Waals surface area contributed by atoms with E-state index >= 15 is 0 Å². The van der Waals surface area contributed by atoms with E-state index in [1.54, 1.807) is 23.0 Å². The van der Waals surface area contributed by atoms with Crippen molar-refractivity contribution in [3.63, 3.8) is 0 Å². The van der Waals surface area contributed by atoms with Crippen LogP contribution in [0.15, 0.2) is 72.9 Å². The maximum atomic E-state index is 13.5. The van der Waals surface area contributed by atoms with Crippen LogP contribution in [0.25, 0.3) is 22.8 Å². The molecule has 3 heterocycles. The van der Waals surface area contributed by atoms with Gasteiger partial charge in [-0.3, -0.25) is 4.79 Å². The summed E-state index contributed by atoms with van der Waals surface area (Å²) in [7, 11) is 0. The summed E-state index contributed by atoms with van der Waals surface area (Å²) in [6.45, 7) is 6.63. The molecular weight excluding hydrogens is 471 g/mol. The number of amides is 1. The second kappa shape index (κ2) is 10.8. The van der Waals surface area contributed by atoms with Crippen LogP contribution >= 0.6 is 0 Å². The Balaban J connectivity index is 1.36. The number of rotatable bonds is 7. The van der Waals surface area contributed by atoms with Crippen LogP contribution in [0.2, 0.25) is 0 Å². The number of benzene rings is 2. The van der Waals surface area contributed by atoms with Gasteiger partial charge in [-0.05, 0) is 74.5 Å². The van der Waals surface area contributed by atoms with E-state index in [1.807, 2.05) is 61.2 Å². The van der Waals surface area contributed by atoms with Crippen molar-refractivity contribution in [1.82, 2.24) is 24.6 Å². The van der Waals surface area contributed by atoms with Crippen molar-refractivity contribution in [3.8, 4) is 28.5 Å². The number of hydrogen-bond acceptors (Lipinski definition) is 6. The molecule has 0 aliphatic carbocycles. The Morgan fingerprint density at radius 2 is 1.65 bits per heavy atom. The number of anilines is 1. The summed E-state index contributed by atoms with van der Waals surface area (Å²) in [6.07, 6.45) is 1.84. The van der Waals surface area contributed by atoms with E-state index in [0.29, 0.717) is 43.4 Å². The van der Waals surface area contributed by atoms with Gasteiger partial charge >= 0.3 is 0 Å². The van der Waals surface area contributed by atoms with Crippen LogP contribution in [-0.4, -0.2) is 62.8 Å². The quantitative estimate of drug-likeness (QED) is 0.377. The van der Waals surface area contributed by atoms with Crippen LogP contribution in [0.1, 0.15) is 13.8 Å². The lowest BCUT2D eigenvalue weighted by Crippen LogP contribution is -2.49. The van der Waals surface area contributed by atoms with Gasteiger partial charge in [0.15, 0.2) is 11.6 Å². The Hall–Kier alpha value is -4.27. The molecule has 0 saturated carbocycles. The molecule has 0 spiro atoms. The SMILES string of the molecule is CC(C)Oc1ccc(-c2nc(-c3ccc(F)cc3)nn2CC(=O)N2CCN(c3ccccn3)CC2)cc1. The first-order valence-electron chi connectivity index (χ1n) is 12.4. The summed E-state index contributed by atoms with van der Waals surface area (Å²) in [5.74, 6) is 2.31. The number of carbonyl (C=O) groups excluding carboxylic acids is 1. The topological polar surface area (TPSA) is 76.4 Å². The average Bonchev–Trinajstić information content (AvgIpc) is 3.33. The van der Waals surface area contributed by atoms with E-state index in [1.165, 1.54) is 12.1 Å². The number of halogens is 1. The molecule has 2 aromatic heterocycles. The lowest BCUT2D eigenvalue weighted by molar-refractivity contribution is -0.132. The molecule has 2 aromatic carbocycles. The van der Waals surface area contributed by atoms with Crippen LogP contribution in [0.3, 0.4) is 0 Å². The first kappa shape index (κ1) is 24.4. The highest BCUT2D eigenvalue weighted by Crippen LogP contribution is 2.25. The Kier molecular flexibility index (Phi) is 7.11. The maximum absolute atomic E-state index is 13.5. The molecule has 1 saturated heterocycles. The zero-order valence-corrected chi connectivity index (χ0v) is 20.9. The summed E-state index contributed by atoms with van der Waals surface area (Å²) >= 11 is 0. The van der Waals surface area contributed by atoms with Gasteiger partial charge < -0.3 is 14.5 Å². The number of ether oxygens (including phenoxy) is 1. The predicted octanol–water partition coefficient (Wildman–Crippen LogP) is 4.28. The zero-order valence-electron chi connectivity index (χ0n) is 20.9. The van der Waals surface area contributed by atoms with Crippen LogP contribution in [0, 0.1) is 5.82 Å². The lowest BCUT2D eigenvalue weighted by atomic mass is 10.2. The maximum Gasteiger partial charge on any atom is 0.244 e. The molecule has 5 rings (SSSR count). The van der Waals surface area contributed by atoms with Crippen molar-refractivity contribution in [3.05, 3.63) is 78.7 Å². The van der Waals surface area contributed by atoms with Crippen molar-refractivity contribution in [2.45, 2.75) is 26.5 Å². The zero-order chi connectivity index (χ0) is 25.8. The van der Waals surface area contributed by atoms with Gasteiger partial charge in [0.2, 0.25) is 5.91 Å². The number of carbonyl (C=O) groups is 1. The second-order valence-corrected chi connectivity index (χ2v) is 9.17. The largest absolute Gasteiger partial charge is 0.491 e. The van der Waals surface area contributed by atoms with Crippen molar-refractivity contribution < 1.29 is 13.9 Å². The highest BCUT2D eigenvalue weighted by Gasteiger charge is 2.24. The Morgan fingerprint density at radius 3 is 2.30 bits per heavy atom. The lowest BCUT2D eigenvalue weighted by Gasteiger charge is -2.35. The average molecular weight is 501 g/mol. The monoisotopic (exact) mass is 500 g/mol. The number of pyridine rings is 1. The number of piperazine rings is 1. The van der Waals surface area contributed by atoms with E-state index < -0.39 is 0 Å². The molecule has 1 aliphatic rings. The molecule has 0 N–H and O–H groups in total. The highest BCUT2D eigenvalue weighted by atomic mass is 19.1. The summed E-state index contributed by atoms with van der Waals surface area (Å²) in [5, 5.41) is 4.64. The molecule has 4 aromatic rings. The van der Waals surface area contributed by atoms with E-state index in [-0.39, 0.29) is 24.4 Å². The van der Waals surface area contributed by atoms with Gasteiger partial charge in [0, 0.05) is 43.5 Å². The number of nitrogens with zero attached hydrogens (tertiary/aromatic N) is 6. The minimum Gasteiger partial charge on any atom is -0.491 e. The number of aromatic nitrogens is 4. The van der Waals surface area contributed by atoms with E-state index in [0.717, 1.165) is 17.1 Å². The molecule has 1 aliphatic heterocycles. The van der Waals surface area contributed by atoms with Crippen LogP contribution in [0.5, 0.6) is 5.75 Å². The van der Waals surface area contributed by atoms with Crippen LogP contribution in [-0.2, 0) is 11.3 Å². The molecule has 8 nitrogen and oxygen atoms in total. The van der Waals surface area contributed by atoms with Crippen molar-refractivity contribution in [1.29, 1.82) is 0 Å². The smallest absolute Gasteiger partial charge is 0.244 e.